The van der Waals surface area contributed by atoms with Crippen LogP contribution in [0.3, 0.4) is 0 Å². The highest BCUT2D eigenvalue weighted by Crippen LogP contribution is 2.34. The number of hydrogen-bond donors (Lipinski definition) is 2. The number of fused-ring (bicyclic) bond motifs is 2. The van der Waals surface area contributed by atoms with Crippen molar-refractivity contribution in [3.63, 3.8) is 0 Å². The van der Waals surface area contributed by atoms with Crippen LogP contribution >= 0.6 is 0 Å². The molecule has 2 amide bonds. The Morgan fingerprint density at radius 1 is 1.16 bits per heavy atom. The molecule has 2 N–H and O–H groups in total. The largest absolute Gasteiger partial charge is 0.416 e. The summed E-state index contributed by atoms with van der Waals surface area (Å²) in [4.78, 5) is 25.9. The molecule has 2 saturated heterocycles. The first-order chi connectivity index (χ1) is 11.8. The molecule has 25 heavy (non-hydrogen) atoms. The summed E-state index contributed by atoms with van der Waals surface area (Å²) < 4.78 is 39.5. The maximum Gasteiger partial charge on any atom is 0.416 e. The van der Waals surface area contributed by atoms with E-state index in [1.165, 1.54) is 13.0 Å². The standard InChI is InChI=1S/C17H20F3N3O2/c1-10(24)22-13-7-11(6-12(8-13)17(18,19)20)16(25)23-14-2-3-15(23)9-21-5-4-14/h6-8,14-15,21H,2-5,9H2,1H3,(H,22,24). The van der Waals surface area contributed by atoms with E-state index in [2.05, 4.69) is 10.6 Å². The molecule has 0 aromatic heterocycles. The molecule has 2 unspecified atom stereocenters. The van der Waals surface area contributed by atoms with Crippen LogP contribution in [-0.2, 0) is 11.0 Å². The molecule has 136 valence electrons. The molecule has 0 saturated carbocycles. The number of carbonyl (C=O) groups is 2. The van der Waals surface area contributed by atoms with E-state index < -0.39 is 23.6 Å². The van der Waals surface area contributed by atoms with Gasteiger partial charge in [0.2, 0.25) is 5.91 Å². The fourth-order valence-electron chi connectivity index (χ4n) is 3.65. The van der Waals surface area contributed by atoms with Gasteiger partial charge in [-0.3, -0.25) is 9.59 Å². The van der Waals surface area contributed by atoms with Gasteiger partial charge in [-0.15, -0.1) is 0 Å². The van der Waals surface area contributed by atoms with E-state index in [4.69, 9.17) is 0 Å². The fourth-order valence-corrected chi connectivity index (χ4v) is 3.65. The number of alkyl halides is 3. The van der Waals surface area contributed by atoms with Crippen molar-refractivity contribution < 1.29 is 22.8 Å². The minimum absolute atomic E-state index is 0.00115. The van der Waals surface area contributed by atoms with E-state index in [0.29, 0.717) is 6.54 Å². The highest BCUT2D eigenvalue weighted by Gasteiger charge is 2.39. The zero-order valence-electron chi connectivity index (χ0n) is 13.8. The van der Waals surface area contributed by atoms with Gasteiger partial charge in [-0.1, -0.05) is 0 Å². The van der Waals surface area contributed by atoms with Gasteiger partial charge < -0.3 is 15.5 Å². The lowest BCUT2D eigenvalue weighted by atomic mass is 10.1. The molecule has 5 nitrogen and oxygen atoms in total. The molecule has 2 atom stereocenters. The van der Waals surface area contributed by atoms with Crippen LogP contribution in [0.5, 0.6) is 0 Å². The number of amides is 2. The highest BCUT2D eigenvalue weighted by atomic mass is 19.4. The lowest BCUT2D eigenvalue weighted by Crippen LogP contribution is -2.42. The van der Waals surface area contributed by atoms with Crippen LogP contribution in [-0.4, -0.2) is 41.9 Å². The Morgan fingerprint density at radius 2 is 1.88 bits per heavy atom. The van der Waals surface area contributed by atoms with Crippen LogP contribution in [0.15, 0.2) is 18.2 Å². The van der Waals surface area contributed by atoms with Gasteiger partial charge >= 0.3 is 6.18 Å². The minimum atomic E-state index is -4.59. The lowest BCUT2D eigenvalue weighted by molar-refractivity contribution is -0.137. The zero-order chi connectivity index (χ0) is 18.2. The third kappa shape index (κ3) is 3.78. The van der Waals surface area contributed by atoms with E-state index in [-0.39, 0.29) is 23.3 Å². The lowest BCUT2D eigenvalue weighted by Gasteiger charge is -2.28. The number of hydrogen-bond acceptors (Lipinski definition) is 3. The van der Waals surface area contributed by atoms with Crippen molar-refractivity contribution in [1.29, 1.82) is 0 Å². The zero-order valence-corrected chi connectivity index (χ0v) is 13.8. The first kappa shape index (κ1) is 17.7. The van der Waals surface area contributed by atoms with Gasteiger partial charge in [0.25, 0.3) is 5.91 Å². The number of carbonyl (C=O) groups excluding carboxylic acids is 2. The van der Waals surface area contributed by atoms with Gasteiger partial charge in [-0.2, -0.15) is 13.2 Å². The molecule has 2 bridgehead atoms. The summed E-state index contributed by atoms with van der Waals surface area (Å²) in [5.74, 6) is -0.898. The van der Waals surface area contributed by atoms with Crippen LogP contribution in [0.1, 0.15) is 42.1 Å². The molecule has 1 aromatic rings. The molecular formula is C17H20F3N3O2. The average Bonchev–Trinajstić information content (AvgIpc) is 2.77. The van der Waals surface area contributed by atoms with Gasteiger partial charge in [0, 0.05) is 36.8 Å². The predicted octanol–water partition coefficient (Wildman–Crippen LogP) is 2.63. The van der Waals surface area contributed by atoms with Crippen LogP contribution in [0.25, 0.3) is 0 Å². The second-order valence-electron chi connectivity index (χ2n) is 6.57. The van der Waals surface area contributed by atoms with Gasteiger partial charge in [-0.25, -0.2) is 0 Å². The number of rotatable bonds is 2. The Hall–Kier alpha value is -2.09. The number of anilines is 1. The second kappa shape index (κ2) is 6.67. The molecule has 3 rings (SSSR count). The molecule has 2 aliphatic rings. The number of halogens is 3. The first-order valence-electron chi connectivity index (χ1n) is 8.29. The minimum Gasteiger partial charge on any atom is -0.331 e. The Bertz CT molecular complexity index is 676. The monoisotopic (exact) mass is 355 g/mol. The van der Waals surface area contributed by atoms with E-state index in [1.54, 1.807) is 4.90 Å². The number of benzene rings is 1. The van der Waals surface area contributed by atoms with Crippen LogP contribution in [0, 0.1) is 0 Å². The van der Waals surface area contributed by atoms with Crippen LogP contribution in [0.2, 0.25) is 0 Å². The summed E-state index contributed by atoms with van der Waals surface area (Å²) in [6.07, 6.45) is -2.08. The maximum absolute atomic E-state index is 13.2. The Kier molecular flexibility index (Phi) is 4.73. The first-order valence-corrected chi connectivity index (χ1v) is 8.29. The molecular weight excluding hydrogens is 335 g/mol. The SMILES string of the molecule is CC(=O)Nc1cc(C(=O)N2C3CCNCC2CC3)cc(C(F)(F)F)c1. The van der Waals surface area contributed by atoms with Crippen molar-refractivity contribution in [2.24, 2.45) is 0 Å². The van der Waals surface area contributed by atoms with Crippen molar-refractivity contribution in [3.05, 3.63) is 29.3 Å². The average molecular weight is 355 g/mol. The third-order valence-corrected chi connectivity index (χ3v) is 4.72. The van der Waals surface area contributed by atoms with Gasteiger partial charge in [-0.05, 0) is 44.0 Å². The molecule has 0 radical (unpaired) electrons. The molecule has 1 aromatic carbocycles. The summed E-state index contributed by atoms with van der Waals surface area (Å²) in [5, 5.41) is 5.60. The van der Waals surface area contributed by atoms with E-state index in [0.717, 1.165) is 37.9 Å². The quantitative estimate of drug-likeness (QED) is 0.857. The topological polar surface area (TPSA) is 61.4 Å². The predicted molar refractivity (Wildman–Crippen MR) is 86.2 cm³/mol. The van der Waals surface area contributed by atoms with Crippen molar-refractivity contribution in [3.8, 4) is 0 Å². The van der Waals surface area contributed by atoms with Crippen molar-refractivity contribution in [2.75, 3.05) is 18.4 Å². The van der Waals surface area contributed by atoms with E-state index in [1.807, 2.05) is 0 Å². The van der Waals surface area contributed by atoms with Gasteiger partial charge in [0.15, 0.2) is 0 Å². The van der Waals surface area contributed by atoms with Crippen molar-refractivity contribution in [1.82, 2.24) is 10.2 Å². The Morgan fingerprint density at radius 3 is 2.56 bits per heavy atom. The van der Waals surface area contributed by atoms with Crippen LogP contribution < -0.4 is 10.6 Å². The van der Waals surface area contributed by atoms with E-state index in [9.17, 15) is 22.8 Å². The summed E-state index contributed by atoms with van der Waals surface area (Å²) in [6.45, 7) is 2.66. The summed E-state index contributed by atoms with van der Waals surface area (Å²) >= 11 is 0. The van der Waals surface area contributed by atoms with Gasteiger partial charge in [0.1, 0.15) is 0 Å². The summed E-state index contributed by atoms with van der Waals surface area (Å²) in [7, 11) is 0. The maximum atomic E-state index is 13.2. The summed E-state index contributed by atoms with van der Waals surface area (Å²) in [5.41, 5.74) is -1.01. The van der Waals surface area contributed by atoms with E-state index >= 15 is 0 Å². The smallest absolute Gasteiger partial charge is 0.331 e. The Labute approximate surface area is 143 Å². The molecule has 2 heterocycles. The highest BCUT2D eigenvalue weighted by molar-refractivity contribution is 5.97. The van der Waals surface area contributed by atoms with Crippen molar-refractivity contribution in [2.45, 2.75) is 44.4 Å². The number of nitrogens with one attached hydrogen (secondary N) is 2. The molecule has 0 spiro atoms. The molecule has 2 aliphatic heterocycles. The molecule has 8 heteroatoms. The third-order valence-electron chi connectivity index (χ3n) is 4.72. The second-order valence-corrected chi connectivity index (χ2v) is 6.57. The van der Waals surface area contributed by atoms with Crippen molar-refractivity contribution >= 4 is 17.5 Å². The van der Waals surface area contributed by atoms with Crippen LogP contribution in [0.4, 0.5) is 18.9 Å². The fraction of sp³-hybridized carbons (Fsp3) is 0.529. The summed E-state index contributed by atoms with van der Waals surface area (Å²) in [6, 6.07) is 3.07. The normalized spacial score (nSPS) is 23.3. The van der Waals surface area contributed by atoms with Gasteiger partial charge in [0.05, 0.1) is 5.56 Å². The Balaban J connectivity index is 1.97. The molecule has 2 fully saturated rings. The number of nitrogens with zero attached hydrogens (tertiary/aromatic N) is 1. The molecule has 0 aliphatic carbocycles.